The van der Waals surface area contributed by atoms with Crippen LogP contribution in [-0.2, 0) is 23.4 Å². The van der Waals surface area contributed by atoms with Crippen molar-refractivity contribution in [1.29, 1.82) is 0 Å². The average molecular weight is 422 g/mol. The lowest BCUT2D eigenvalue weighted by atomic mass is 9.97. The van der Waals surface area contributed by atoms with Gasteiger partial charge in [-0.05, 0) is 43.6 Å². The normalized spacial score (nSPS) is 14.8. The van der Waals surface area contributed by atoms with Crippen LogP contribution in [0.5, 0.6) is 0 Å². The number of nitrogens with one attached hydrogen (secondary N) is 2. The summed E-state index contributed by atoms with van der Waals surface area (Å²) in [5.41, 5.74) is 1.19. The van der Waals surface area contributed by atoms with E-state index in [0.717, 1.165) is 42.4 Å². The van der Waals surface area contributed by atoms with Gasteiger partial charge in [-0.1, -0.05) is 33.1 Å². The first-order valence-corrected chi connectivity index (χ1v) is 12.5. The molecular formula is C21H31N3O2S2. The highest BCUT2D eigenvalue weighted by Gasteiger charge is 2.19. The van der Waals surface area contributed by atoms with Crippen LogP contribution < -0.4 is 10.9 Å². The first-order valence-electron chi connectivity index (χ1n) is 10.5. The van der Waals surface area contributed by atoms with Gasteiger partial charge in [-0.3, -0.25) is 9.59 Å². The van der Waals surface area contributed by atoms with Gasteiger partial charge in [0.1, 0.15) is 10.7 Å². The number of rotatable bonds is 10. The van der Waals surface area contributed by atoms with Gasteiger partial charge in [0.2, 0.25) is 5.91 Å². The number of thioether (sulfide) groups is 1. The molecule has 154 valence electrons. The Morgan fingerprint density at radius 2 is 2.14 bits per heavy atom. The minimum absolute atomic E-state index is 0.0221. The van der Waals surface area contributed by atoms with E-state index in [4.69, 9.17) is 0 Å². The van der Waals surface area contributed by atoms with Gasteiger partial charge in [0, 0.05) is 11.4 Å². The SMILES string of the molecule is CCCCC(CC)CNC(=O)CSCc1nc2sc3c(c2c(=O)[nH]1)CCCC3. The molecule has 0 saturated heterocycles. The number of aryl methyl sites for hydroxylation is 2. The van der Waals surface area contributed by atoms with Crippen LogP contribution in [0.2, 0.25) is 0 Å². The van der Waals surface area contributed by atoms with Crippen LogP contribution in [0.1, 0.15) is 68.6 Å². The number of hydrogen-bond acceptors (Lipinski definition) is 5. The van der Waals surface area contributed by atoms with Crippen molar-refractivity contribution in [3.63, 3.8) is 0 Å². The van der Waals surface area contributed by atoms with Crippen LogP contribution in [-0.4, -0.2) is 28.2 Å². The Morgan fingerprint density at radius 1 is 1.32 bits per heavy atom. The Labute approximate surface area is 175 Å². The molecule has 0 bridgehead atoms. The fourth-order valence-corrected chi connectivity index (χ4v) is 5.77. The average Bonchev–Trinajstić information content (AvgIpc) is 3.07. The van der Waals surface area contributed by atoms with Crippen LogP contribution in [0.3, 0.4) is 0 Å². The fourth-order valence-electron chi connectivity index (χ4n) is 3.77. The molecular weight excluding hydrogens is 390 g/mol. The molecule has 1 aliphatic carbocycles. The van der Waals surface area contributed by atoms with Crippen LogP contribution in [0.25, 0.3) is 10.2 Å². The van der Waals surface area contributed by atoms with Crippen molar-refractivity contribution < 1.29 is 4.79 Å². The highest BCUT2D eigenvalue weighted by molar-refractivity contribution is 7.99. The first kappa shape index (κ1) is 21.4. The van der Waals surface area contributed by atoms with E-state index in [1.807, 2.05) is 0 Å². The molecule has 3 rings (SSSR count). The van der Waals surface area contributed by atoms with E-state index in [2.05, 4.69) is 29.1 Å². The van der Waals surface area contributed by atoms with Gasteiger partial charge < -0.3 is 10.3 Å². The molecule has 0 fully saturated rings. The molecule has 7 heteroatoms. The van der Waals surface area contributed by atoms with Crippen molar-refractivity contribution >= 4 is 39.2 Å². The predicted octanol–water partition coefficient (Wildman–Crippen LogP) is 4.43. The molecule has 1 atom stereocenters. The lowest BCUT2D eigenvalue weighted by Gasteiger charge is -2.15. The third-order valence-corrected chi connectivity index (χ3v) is 7.61. The number of thiophene rings is 1. The number of amides is 1. The molecule has 2 aromatic rings. The second-order valence-electron chi connectivity index (χ2n) is 7.62. The molecule has 1 unspecified atom stereocenters. The van der Waals surface area contributed by atoms with E-state index >= 15 is 0 Å². The van der Waals surface area contributed by atoms with Gasteiger partial charge in [-0.15, -0.1) is 23.1 Å². The van der Waals surface area contributed by atoms with Crippen LogP contribution in [0.15, 0.2) is 4.79 Å². The summed E-state index contributed by atoms with van der Waals surface area (Å²) in [5, 5.41) is 3.85. The van der Waals surface area contributed by atoms with Gasteiger partial charge >= 0.3 is 0 Å². The number of carbonyl (C=O) groups is 1. The maximum Gasteiger partial charge on any atom is 0.259 e. The van der Waals surface area contributed by atoms with E-state index in [1.54, 1.807) is 11.3 Å². The molecule has 1 amide bonds. The first-order chi connectivity index (χ1) is 13.6. The number of hydrogen-bond donors (Lipinski definition) is 2. The highest BCUT2D eigenvalue weighted by Crippen LogP contribution is 2.33. The quantitative estimate of drug-likeness (QED) is 0.595. The third-order valence-electron chi connectivity index (χ3n) is 5.48. The Morgan fingerprint density at radius 3 is 2.93 bits per heavy atom. The Balaban J connectivity index is 1.51. The summed E-state index contributed by atoms with van der Waals surface area (Å²) in [5.74, 6) is 2.25. The molecule has 0 aliphatic heterocycles. The molecule has 0 radical (unpaired) electrons. The van der Waals surface area contributed by atoms with Crippen molar-refractivity contribution in [3.8, 4) is 0 Å². The van der Waals surface area contributed by atoms with E-state index in [1.165, 1.54) is 47.9 Å². The topological polar surface area (TPSA) is 74.8 Å². The number of aromatic nitrogens is 2. The monoisotopic (exact) mass is 421 g/mol. The molecule has 1 aliphatic rings. The smallest absolute Gasteiger partial charge is 0.259 e. The van der Waals surface area contributed by atoms with Crippen molar-refractivity contribution in [1.82, 2.24) is 15.3 Å². The molecule has 2 heterocycles. The summed E-state index contributed by atoms with van der Waals surface area (Å²) >= 11 is 3.17. The third kappa shape index (κ3) is 5.38. The largest absolute Gasteiger partial charge is 0.355 e. The van der Waals surface area contributed by atoms with Gasteiger partial charge in [0.25, 0.3) is 5.56 Å². The van der Waals surface area contributed by atoms with Crippen LogP contribution in [0.4, 0.5) is 0 Å². The molecule has 5 nitrogen and oxygen atoms in total. The number of fused-ring (bicyclic) bond motifs is 3. The zero-order valence-electron chi connectivity index (χ0n) is 16.9. The van der Waals surface area contributed by atoms with Crippen molar-refractivity contribution in [2.45, 2.75) is 71.0 Å². The summed E-state index contributed by atoms with van der Waals surface area (Å²) in [4.78, 5) is 34.5. The summed E-state index contributed by atoms with van der Waals surface area (Å²) in [6.45, 7) is 5.14. The number of nitrogens with zero attached hydrogens (tertiary/aromatic N) is 1. The number of aromatic amines is 1. The predicted molar refractivity (Wildman–Crippen MR) is 119 cm³/mol. The molecule has 0 aromatic carbocycles. The highest BCUT2D eigenvalue weighted by atomic mass is 32.2. The van der Waals surface area contributed by atoms with E-state index in [9.17, 15) is 9.59 Å². The van der Waals surface area contributed by atoms with Crippen molar-refractivity contribution in [2.75, 3.05) is 12.3 Å². The Hall–Kier alpha value is -1.34. The summed E-state index contributed by atoms with van der Waals surface area (Å²) in [6, 6.07) is 0. The molecule has 2 aromatic heterocycles. The maximum atomic E-state index is 12.5. The fraction of sp³-hybridized carbons (Fsp3) is 0.667. The maximum absolute atomic E-state index is 12.5. The summed E-state index contributed by atoms with van der Waals surface area (Å²) in [7, 11) is 0. The zero-order valence-corrected chi connectivity index (χ0v) is 18.6. The van der Waals surface area contributed by atoms with E-state index in [-0.39, 0.29) is 11.5 Å². The number of H-pyrrole nitrogens is 1. The summed E-state index contributed by atoms with van der Waals surface area (Å²) < 4.78 is 0. The second-order valence-corrected chi connectivity index (χ2v) is 9.69. The van der Waals surface area contributed by atoms with Crippen LogP contribution in [0, 0.1) is 5.92 Å². The second kappa shape index (κ2) is 10.4. The summed E-state index contributed by atoms with van der Waals surface area (Å²) in [6.07, 6.45) is 9.11. The molecule has 0 spiro atoms. The Bertz CT molecular complexity index is 859. The zero-order chi connectivity index (χ0) is 19.9. The van der Waals surface area contributed by atoms with E-state index < -0.39 is 0 Å². The lowest BCUT2D eigenvalue weighted by Crippen LogP contribution is -2.30. The Kier molecular flexibility index (Phi) is 7.97. The molecule has 0 saturated carbocycles. The minimum atomic E-state index is -0.0221. The number of carbonyl (C=O) groups excluding carboxylic acids is 1. The van der Waals surface area contributed by atoms with Gasteiger partial charge in [0.15, 0.2) is 0 Å². The standard InChI is InChI=1S/C21H31N3O2S2/c1-3-5-8-14(4-2)11-22-18(25)13-27-12-17-23-20(26)19-15-9-6-7-10-16(15)28-21(19)24-17/h14H,3-13H2,1-2H3,(H,22,25)(H,23,24,26). The van der Waals surface area contributed by atoms with Crippen molar-refractivity contribution in [3.05, 3.63) is 26.6 Å². The van der Waals surface area contributed by atoms with Crippen LogP contribution >= 0.6 is 23.1 Å². The number of unbranched alkanes of at least 4 members (excludes halogenated alkanes) is 1. The molecule has 2 N–H and O–H groups in total. The van der Waals surface area contributed by atoms with E-state index in [0.29, 0.717) is 23.2 Å². The van der Waals surface area contributed by atoms with Crippen molar-refractivity contribution in [2.24, 2.45) is 5.92 Å². The van der Waals surface area contributed by atoms with Gasteiger partial charge in [-0.25, -0.2) is 4.98 Å². The lowest BCUT2D eigenvalue weighted by molar-refractivity contribution is -0.118. The minimum Gasteiger partial charge on any atom is -0.355 e. The molecule has 28 heavy (non-hydrogen) atoms. The van der Waals surface area contributed by atoms with Gasteiger partial charge in [-0.2, -0.15) is 0 Å². The van der Waals surface area contributed by atoms with Gasteiger partial charge in [0.05, 0.1) is 16.9 Å².